The van der Waals surface area contributed by atoms with E-state index in [0.717, 1.165) is 28.6 Å². The van der Waals surface area contributed by atoms with Crippen molar-refractivity contribution in [1.29, 1.82) is 0 Å². The minimum absolute atomic E-state index is 0. The van der Waals surface area contributed by atoms with E-state index in [9.17, 15) is 0 Å². The number of aromatic nitrogens is 3. The summed E-state index contributed by atoms with van der Waals surface area (Å²) < 4.78 is 2.22. The first-order valence-corrected chi connectivity index (χ1v) is 18.9. The predicted molar refractivity (Wildman–Crippen MR) is 227 cm³/mol. The van der Waals surface area contributed by atoms with Crippen LogP contribution in [-0.2, 0) is 20.1 Å². The fourth-order valence-electron chi connectivity index (χ4n) is 7.84. The van der Waals surface area contributed by atoms with E-state index >= 15 is 0 Å². The zero-order valence-corrected chi connectivity index (χ0v) is 35.4. The Balaban J connectivity index is 0.000000192. The Hall–Kier alpha value is -5.23. The Morgan fingerprint density at radius 3 is 1.78 bits per heavy atom. The summed E-state index contributed by atoms with van der Waals surface area (Å²) in [6, 6.07) is 46.9. The van der Waals surface area contributed by atoms with Crippen molar-refractivity contribution < 1.29 is 20.1 Å². The Labute approximate surface area is 341 Å². The standard InChI is InChI=1S/C27H25BN3.C21H23N2.Ir/c1-19-11-9-12-20(2)26(19)28-30(25-17-7-8-18-29-25)23-15-5-6-16-24(23)31(28)27-21(3)13-10-14-22(27)4;1-15(2)18-11-8-12-19(16(3)4)20(18)23-14-13-22-21(23)17-9-6-5-7-10-17;/h5-14,16-18H,1-4H3;5-9,11-16H,1-4H3;/q2*-1;. The number of fused-ring (bicyclic) bond motifs is 1. The molecule has 0 unspecified atom stereocenters. The van der Waals surface area contributed by atoms with Crippen LogP contribution in [0.3, 0.4) is 0 Å². The van der Waals surface area contributed by atoms with Crippen LogP contribution in [-0.4, -0.2) is 21.5 Å². The number of nitrogens with zero attached hydrogens (tertiary/aromatic N) is 5. The largest absolute Gasteiger partial charge is 0.415 e. The van der Waals surface area contributed by atoms with Gasteiger partial charge in [-0.2, -0.15) is 18.2 Å². The van der Waals surface area contributed by atoms with Crippen molar-refractivity contribution in [2.75, 3.05) is 9.62 Å². The predicted octanol–water partition coefficient (Wildman–Crippen LogP) is 11.4. The Morgan fingerprint density at radius 2 is 1.18 bits per heavy atom. The summed E-state index contributed by atoms with van der Waals surface area (Å²) in [6.45, 7) is 17.7. The average Bonchev–Trinajstić information content (AvgIpc) is 3.79. The molecule has 5 aromatic carbocycles. The van der Waals surface area contributed by atoms with Gasteiger partial charge in [-0.05, 0) is 79.4 Å². The summed E-state index contributed by atoms with van der Waals surface area (Å²) in [5.74, 6) is 2.78. The third kappa shape index (κ3) is 7.69. The van der Waals surface area contributed by atoms with Gasteiger partial charge in [0.15, 0.2) is 0 Å². The zero-order valence-electron chi connectivity index (χ0n) is 33.0. The van der Waals surface area contributed by atoms with Crippen LogP contribution in [0.5, 0.6) is 0 Å². The molecule has 2 aromatic heterocycles. The maximum atomic E-state index is 4.75. The van der Waals surface area contributed by atoms with Crippen LogP contribution in [0.1, 0.15) is 72.9 Å². The van der Waals surface area contributed by atoms with Gasteiger partial charge in [-0.25, -0.2) is 4.98 Å². The summed E-state index contributed by atoms with van der Waals surface area (Å²) in [5.41, 5.74) is 14.8. The number of imidazole rings is 1. The van der Waals surface area contributed by atoms with Crippen molar-refractivity contribution in [1.82, 2.24) is 14.5 Å². The number of aryl methyl sites for hydroxylation is 4. The molecule has 8 rings (SSSR count). The zero-order chi connectivity index (χ0) is 37.9. The van der Waals surface area contributed by atoms with Crippen molar-refractivity contribution in [2.45, 2.75) is 67.2 Å². The maximum absolute atomic E-state index is 4.75. The summed E-state index contributed by atoms with van der Waals surface area (Å²) in [6.07, 6.45) is 5.79. The van der Waals surface area contributed by atoms with E-state index in [2.05, 4.69) is 172 Å². The van der Waals surface area contributed by atoms with Gasteiger partial charge in [-0.1, -0.05) is 111 Å². The van der Waals surface area contributed by atoms with E-state index in [-0.39, 0.29) is 27.1 Å². The number of rotatable bonds is 7. The molecule has 0 saturated heterocycles. The molecule has 3 heterocycles. The molecule has 1 radical (unpaired) electrons. The van der Waals surface area contributed by atoms with Crippen LogP contribution in [0.25, 0.3) is 17.1 Å². The molecule has 0 amide bonds. The SMILES string of the molecule is CC(C)c1cccc(C(C)C)c1-n1ccnc1-c1[c-]cccc1.Cc1cccc(C)c1B1N(c2ccccn2)c2[c-]cccc2N1c1c(C)cccc1C.[Ir]. The molecule has 0 atom stereocenters. The van der Waals surface area contributed by atoms with Gasteiger partial charge in [0.1, 0.15) is 5.82 Å². The van der Waals surface area contributed by atoms with Gasteiger partial charge in [0.2, 0.25) is 0 Å². The Bertz CT molecular complexity index is 2300. The number of hydrogen-bond acceptors (Lipinski definition) is 4. The summed E-state index contributed by atoms with van der Waals surface area (Å²) >= 11 is 0. The number of anilines is 4. The molecule has 5 nitrogen and oxygen atoms in total. The Kier molecular flexibility index (Phi) is 12.2. The van der Waals surface area contributed by atoms with Crippen molar-refractivity contribution >= 4 is 35.3 Å². The summed E-state index contributed by atoms with van der Waals surface area (Å²) in [4.78, 5) is 14.1. The molecule has 7 heteroatoms. The normalized spacial score (nSPS) is 12.1. The fraction of sp³-hybridized carbons (Fsp3) is 0.208. The third-order valence-corrected chi connectivity index (χ3v) is 10.4. The van der Waals surface area contributed by atoms with E-state index in [1.54, 1.807) is 0 Å². The summed E-state index contributed by atoms with van der Waals surface area (Å²) in [5, 5.41) is 0. The molecule has 0 fully saturated rings. The Morgan fingerprint density at radius 1 is 0.564 bits per heavy atom. The number of para-hydroxylation sites is 3. The number of hydrogen-bond donors (Lipinski definition) is 0. The first kappa shape index (κ1) is 39.5. The van der Waals surface area contributed by atoms with E-state index in [4.69, 9.17) is 4.98 Å². The van der Waals surface area contributed by atoms with Crippen molar-refractivity contribution in [3.63, 3.8) is 0 Å². The number of pyridine rings is 1. The van der Waals surface area contributed by atoms with Crippen LogP contribution >= 0.6 is 0 Å². The monoisotopic (exact) mass is 898 g/mol. The average molecular weight is 898 g/mol. The van der Waals surface area contributed by atoms with Crippen LogP contribution in [0.4, 0.5) is 22.9 Å². The fourth-order valence-corrected chi connectivity index (χ4v) is 7.84. The second kappa shape index (κ2) is 17.1. The van der Waals surface area contributed by atoms with Gasteiger partial charge in [-0.15, -0.1) is 42.0 Å². The van der Waals surface area contributed by atoms with Crippen molar-refractivity contribution in [3.8, 4) is 17.1 Å². The van der Waals surface area contributed by atoms with Crippen LogP contribution in [0.15, 0.2) is 134 Å². The van der Waals surface area contributed by atoms with Gasteiger partial charge in [0.25, 0.3) is 0 Å². The first-order chi connectivity index (χ1) is 26.2. The molecular weight excluding hydrogens is 850 g/mol. The van der Waals surface area contributed by atoms with E-state index in [1.807, 2.05) is 48.8 Å². The topological polar surface area (TPSA) is 37.2 Å². The van der Waals surface area contributed by atoms with Gasteiger partial charge in [0.05, 0.1) is 5.82 Å². The van der Waals surface area contributed by atoms with Crippen LogP contribution in [0, 0.1) is 39.8 Å². The molecule has 55 heavy (non-hydrogen) atoms. The quantitative estimate of drug-likeness (QED) is 0.118. The molecule has 7 aromatic rings. The minimum Gasteiger partial charge on any atom is -0.415 e. The van der Waals surface area contributed by atoms with Gasteiger partial charge in [-0.3, -0.25) is 4.98 Å². The molecule has 0 N–H and O–H groups in total. The van der Waals surface area contributed by atoms with Gasteiger partial charge < -0.3 is 14.2 Å². The van der Waals surface area contributed by atoms with E-state index < -0.39 is 0 Å². The van der Waals surface area contributed by atoms with Crippen molar-refractivity contribution in [3.05, 3.63) is 179 Å². The first-order valence-electron chi connectivity index (χ1n) is 18.9. The second-order valence-electron chi connectivity index (χ2n) is 14.7. The smallest absolute Gasteiger partial charge is 0.409 e. The molecule has 279 valence electrons. The molecule has 1 aliphatic heterocycles. The third-order valence-electron chi connectivity index (χ3n) is 10.4. The molecule has 0 saturated carbocycles. The van der Waals surface area contributed by atoms with E-state index in [0.29, 0.717) is 11.8 Å². The molecule has 1 aliphatic rings. The number of benzene rings is 5. The van der Waals surface area contributed by atoms with Crippen LogP contribution in [0.2, 0.25) is 0 Å². The van der Waals surface area contributed by atoms with Gasteiger partial charge >= 0.3 is 6.98 Å². The molecule has 0 bridgehead atoms. The molecule has 0 aliphatic carbocycles. The maximum Gasteiger partial charge on any atom is 0.409 e. The van der Waals surface area contributed by atoms with E-state index in [1.165, 1.54) is 50.2 Å². The van der Waals surface area contributed by atoms with Crippen molar-refractivity contribution in [2.24, 2.45) is 0 Å². The van der Waals surface area contributed by atoms with Gasteiger partial charge in [0, 0.05) is 50.1 Å². The minimum atomic E-state index is -0.0513. The molecular formula is C48H48BIrN5-2. The second-order valence-corrected chi connectivity index (χ2v) is 14.7. The summed E-state index contributed by atoms with van der Waals surface area (Å²) in [7, 11) is 0. The molecule has 0 spiro atoms. The van der Waals surface area contributed by atoms with Crippen LogP contribution < -0.4 is 15.1 Å².